The maximum Gasteiger partial charge on any atom is 0.271 e. The maximum atomic E-state index is 11.6. The molecule has 0 unspecified atom stereocenters. The molecule has 2 aromatic heterocycles. The van der Waals surface area contributed by atoms with Gasteiger partial charge in [0, 0.05) is 25.0 Å². The molecule has 0 aliphatic rings. The van der Waals surface area contributed by atoms with Gasteiger partial charge >= 0.3 is 0 Å². The van der Waals surface area contributed by atoms with Gasteiger partial charge in [0.25, 0.3) is 5.91 Å². The second kappa shape index (κ2) is 4.32. The van der Waals surface area contributed by atoms with Crippen LogP contribution in [0.2, 0.25) is 0 Å². The number of nitrogens with one attached hydrogen (secondary N) is 1. The van der Waals surface area contributed by atoms with Gasteiger partial charge in [-0.3, -0.25) is 4.79 Å². The number of pyridine rings is 1. The fourth-order valence-corrected chi connectivity index (χ4v) is 1.53. The van der Waals surface area contributed by atoms with Gasteiger partial charge in [0.15, 0.2) is 0 Å². The molecule has 5 heteroatoms. The van der Waals surface area contributed by atoms with Crippen molar-refractivity contribution in [3.63, 3.8) is 0 Å². The summed E-state index contributed by atoms with van der Waals surface area (Å²) < 4.78 is 1.89. The molecule has 0 saturated heterocycles. The highest BCUT2D eigenvalue weighted by molar-refractivity contribution is 5.92. The van der Waals surface area contributed by atoms with E-state index in [2.05, 4.69) is 10.3 Å². The summed E-state index contributed by atoms with van der Waals surface area (Å²) in [5, 5.41) is 2.69. The molecule has 0 spiro atoms. The minimum absolute atomic E-state index is 0.187. The molecule has 3 N–H and O–H groups in total. The molecule has 0 aliphatic heterocycles. The quantitative estimate of drug-likeness (QED) is 0.779. The lowest BCUT2D eigenvalue weighted by Gasteiger charge is -1.98. The number of carbonyl (C=O) groups excluding carboxylic acids is 1. The van der Waals surface area contributed by atoms with Gasteiger partial charge in [-0.15, -0.1) is 0 Å². The fraction of sp³-hybridized carbons (Fsp3) is 0.273. The van der Waals surface area contributed by atoms with Crippen LogP contribution in [0.4, 0.5) is 0 Å². The van der Waals surface area contributed by atoms with E-state index in [1.807, 2.05) is 29.5 Å². The molecule has 0 fully saturated rings. The summed E-state index contributed by atoms with van der Waals surface area (Å²) in [7, 11) is 0. The zero-order chi connectivity index (χ0) is 11.5. The van der Waals surface area contributed by atoms with Gasteiger partial charge < -0.3 is 15.5 Å². The molecule has 2 heterocycles. The Labute approximate surface area is 93.3 Å². The van der Waals surface area contributed by atoms with E-state index in [-0.39, 0.29) is 5.91 Å². The first-order valence-corrected chi connectivity index (χ1v) is 5.15. The summed E-state index contributed by atoms with van der Waals surface area (Å²) in [4.78, 5) is 15.9. The highest BCUT2D eigenvalue weighted by atomic mass is 16.1. The molecule has 1 amide bonds. The number of hydrogen-bond acceptors (Lipinski definition) is 3. The van der Waals surface area contributed by atoms with E-state index >= 15 is 0 Å². The van der Waals surface area contributed by atoms with Gasteiger partial charge in [0.2, 0.25) is 0 Å². The van der Waals surface area contributed by atoms with Crippen LogP contribution >= 0.6 is 0 Å². The van der Waals surface area contributed by atoms with Crippen LogP contribution in [-0.2, 0) is 0 Å². The number of rotatable bonds is 3. The number of fused-ring (bicyclic) bond motifs is 1. The van der Waals surface area contributed by atoms with Crippen LogP contribution < -0.4 is 11.1 Å². The molecule has 0 aliphatic carbocycles. The first-order chi connectivity index (χ1) is 7.72. The Balaban J connectivity index is 2.32. The minimum Gasteiger partial charge on any atom is -0.349 e. The van der Waals surface area contributed by atoms with Crippen molar-refractivity contribution in [1.29, 1.82) is 0 Å². The molecular weight excluding hydrogens is 204 g/mol. The Hall–Kier alpha value is -1.88. The van der Waals surface area contributed by atoms with Crippen LogP contribution in [0.1, 0.15) is 16.2 Å². The highest BCUT2D eigenvalue weighted by Crippen LogP contribution is 2.08. The minimum atomic E-state index is -0.187. The Bertz CT molecular complexity index is 518. The van der Waals surface area contributed by atoms with E-state index in [0.29, 0.717) is 18.8 Å². The highest BCUT2D eigenvalue weighted by Gasteiger charge is 2.10. The summed E-state index contributed by atoms with van der Waals surface area (Å²) in [6.07, 6.45) is 1.73. The predicted octanol–water partition coefficient (Wildman–Crippen LogP) is 0.331. The smallest absolute Gasteiger partial charge is 0.271 e. The summed E-state index contributed by atoms with van der Waals surface area (Å²) in [6, 6.07) is 5.75. The summed E-state index contributed by atoms with van der Waals surface area (Å²) in [6.45, 7) is 2.86. The van der Waals surface area contributed by atoms with Gasteiger partial charge in [0.05, 0.1) is 0 Å². The monoisotopic (exact) mass is 218 g/mol. The van der Waals surface area contributed by atoms with E-state index in [0.717, 1.165) is 11.3 Å². The van der Waals surface area contributed by atoms with E-state index in [1.165, 1.54) is 0 Å². The van der Waals surface area contributed by atoms with Gasteiger partial charge in [-0.25, -0.2) is 4.98 Å². The molecule has 0 bridgehead atoms. The van der Waals surface area contributed by atoms with E-state index in [1.54, 1.807) is 6.20 Å². The zero-order valence-corrected chi connectivity index (χ0v) is 9.10. The van der Waals surface area contributed by atoms with Crippen molar-refractivity contribution in [1.82, 2.24) is 14.7 Å². The number of hydrogen-bond donors (Lipinski definition) is 2. The van der Waals surface area contributed by atoms with Gasteiger partial charge in [0.1, 0.15) is 11.3 Å². The number of amides is 1. The first kappa shape index (κ1) is 10.6. The molecule has 5 nitrogen and oxygen atoms in total. The number of carbonyl (C=O) groups is 1. The Morgan fingerprint density at radius 1 is 1.56 bits per heavy atom. The third kappa shape index (κ3) is 1.90. The molecule has 2 aromatic rings. The average molecular weight is 218 g/mol. The summed E-state index contributed by atoms with van der Waals surface area (Å²) in [5.74, 6) is -0.187. The van der Waals surface area contributed by atoms with Crippen molar-refractivity contribution < 1.29 is 4.79 Å². The van der Waals surface area contributed by atoms with E-state index < -0.39 is 0 Å². The van der Waals surface area contributed by atoms with Crippen molar-refractivity contribution in [3.05, 3.63) is 35.8 Å². The number of aryl methyl sites for hydroxylation is 1. The van der Waals surface area contributed by atoms with Crippen molar-refractivity contribution in [3.8, 4) is 0 Å². The number of aromatic nitrogens is 2. The standard InChI is InChI=1S/C11H14N4O/c1-8-3-2-4-10-14-9(7-15(8)10)11(16)13-6-5-12/h2-4,7H,5-6,12H2,1H3,(H,13,16). The Kier molecular flexibility index (Phi) is 2.87. The van der Waals surface area contributed by atoms with Crippen LogP contribution in [-0.4, -0.2) is 28.4 Å². The van der Waals surface area contributed by atoms with Crippen molar-refractivity contribution >= 4 is 11.6 Å². The van der Waals surface area contributed by atoms with Crippen LogP contribution in [0, 0.1) is 6.92 Å². The second-order valence-electron chi connectivity index (χ2n) is 3.57. The molecule has 0 saturated carbocycles. The number of nitrogens with two attached hydrogens (primary N) is 1. The number of nitrogens with zero attached hydrogens (tertiary/aromatic N) is 2. The lowest BCUT2D eigenvalue weighted by Crippen LogP contribution is -2.29. The molecule has 0 aromatic carbocycles. The van der Waals surface area contributed by atoms with Crippen LogP contribution in [0.15, 0.2) is 24.4 Å². The first-order valence-electron chi connectivity index (χ1n) is 5.15. The lowest BCUT2D eigenvalue weighted by atomic mass is 10.4. The Morgan fingerprint density at radius 3 is 3.06 bits per heavy atom. The van der Waals surface area contributed by atoms with Crippen LogP contribution in [0.3, 0.4) is 0 Å². The summed E-state index contributed by atoms with van der Waals surface area (Å²) >= 11 is 0. The van der Waals surface area contributed by atoms with Crippen molar-refractivity contribution in [2.45, 2.75) is 6.92 Å². The van der Waals surface area contributed by atoms with E-state index in [4.69, 9.17) is 5.73 Å². The largest absolute Gasteiger partial charge is 0.349 e. The predicted molar refractivity (Wildman–Crippen MR) is 61.3 cm³/mol. The van der Waals surface area contributed by atoms with E-state index in [9.17, 15) is 4.79 Å². The topological polar surface area (TPSA) is 72.4 Å². The SMILES string of the molecule is Cc1cccc2nc(C(=O)NCCN)cn12. The third-order valence-electron chi connectivity index (χ3n) is 2.36. The van der Waals surface area contributed by atoms with Crippen molar-refractivity contribution in [2.75, 3.05) is 13.1 Å². The Morgan fingerprint density at radius 2 is 2.38 bits per heavy atom. The van der Waals surface area contributed by atoms with Crippen molar-refractivity contribution in [2.24, 2.45) is 5.73 Å². The van der Waals surface area contributed by atoms with Gasteiger partial charge in [-0.05, 0) is 19.1 Å². The maximum absolute atomic E-state index is 11.6. The molecule has 2 rings (SSSR count). The van der Waals surface area contributed by atoms with Gasteiger partial charge in [-0.2, -0.15) is 0 Å². The molecule has 16 heavy (non-hydrogen) atoms. The third-order valence-corrected chi connectivity index (χ3v) is 2.36. The fourth-order valence-electron chi connectivity index (χ4n) is 1.53. The lowest BCUT2D eigenvalue weighted by molar-refractivity contribution is 0.0950. The zero-order valence-electron chi connectivity index (χ0n) is 9.10. The number of imidazole rings is 1. The summed E-state index contributed by atoms with van der Waals surface area (Å²) in [5.41, 5.74) is 7.55. The van der Waals surface area contributed by atoms with Crippen LogP contribution in [0.25, 0.3) is 5.65 Å². The average Bonchev–Trinajstić information content (AvgIpc) is 2.71. The molecular formula is C11H14N4O. The molecule has 84 valence electrons. The van der Waals surface area contributed by atoms with Crippen LogP contribution in [0.5, 0.6) is 0 Å². The second-order valence-corrected chi connectivity index (χ2v) is 3.57. The molecule has 0 radical (unpaired) electrons. The van der Waals surface area contributed by atoms with Gasteiger partial charge in [-0.1, -0.05) is 6.07 Å². The molecule has 0 atom stereocenters. The normalized spacial score (nSPS) is 10.6.